The van der Waals surface area contributed by atoms with Crippen LogP contribution in [-0.4, -0.2) is 21.0 Å². The smallest absolute Gasteiger partial charge is 0.148 e. The Bertz CT molecular complexity index is 225. The molecule has 0 heterocycles. The first-order valence-corrected chi connectivity index (χ1v) is 6.93. The van der Waals surface area contributed by atoms with Crippen LogP contribution in [0.15, 0.2) is 0 Å². The number of ketones is 1. The van der Waals surface area contributed by atoms with Crippen LogP contribution in [0.3, 0.4) is 0 Å². The van der Waals surface area contributed by atoms with Gasteiger partial charge in [0.15, 0.2) is 0 Å². The van der Waals surface area contributed by atoms with Crippen molar-refractivity contribution in [2.75, 3.05) is 5.75 Å². The van der Waals surface area contributed by atoms with Gasteiger partial charge in [-0.3, -0.25) is 9.00 Å². The van der Waals surface area contributed by atoms with Crippen LogP contribution in [0, 0.1) is 5.92 Å². The molecule has 1 saturated carbocycles. The molecule has 1 rings (SSSR count). The van der Waals surface area contributed by atoms with Gasteiger partial charge < -0.3 is 0 Å². The topological polar surface area (TPSA) is 34.1 Å². The second-order valence-electron chi connectivity index (χ2n) is 4.26. The highest BCUT2D eigenvalue weighted by Gasteiger charge is 2.27. The van der Waals surface area contributed by atoms with Crippen molar-refractivity contribution in [2.45, 2.75) is 51.2 Å². The third kappa shape index (κ3) is 3.19. The summed E-state index contributed by atoms with van der Waals surface area (Å²) in [5.74, 6) is 1.41. The molecule has 0 saturated heterocycles. The molecule has 14 heavy (non-hydrogen) atoms. The molecule has 0 aromatic heterocycles. The highest BCUT2D eigenvalue weighted by atomic mass is 32.2. The van der Waals surface area contributed by atoms with Crippen LogP contribution in [0.1, 0.15) is 46.0 Å². The van der Waals surface area contributed by atoms with E-state index in [0.717, 1.165) is 25.7 Å². The standard InChI is InChI=1S/C11H20O2S/c1-3-9(2)8-14(13)11-7-5-4-6-10(11)12/h9,11H,3-8H2,1-2H3. The van der Waals surface area contributed by atoms with Crippen LogP contribution < -0.4 is 0 Å². The summed E-state index contributed by atoms with van der Waals surface area (Å²) in [6.45, 7) is 4.20. The highest BCUT2D eigenvalue weighted by Crippen LogP contribution is 2.20. The van der Waals surface area contributed by atoms with Crippen molar-refractivity contribution in [3.8, 4) is 0 Å². The van der Waals surface area contributed by atoms with Crippen molar-refractivity contribution >= 4 is 16.6 Å². The van der Waals surface area contributed by atoms with Crippen molar-refractivity contribution in [3.05, 3.63) is 0 Å². The summed E-state index contributed by atoms with van der Waals surface area (Å²) in [4.78, 5) is 11.5. The van der Waals surface area contributed by atoms with Gasteiger partial charge >= 0.3 is 0 Å². The first-order valence-electron chi connectivity index (χ1n) is 5.55. The number of Topliss-reactive ketones (excluding diaryl/α,β-unsaturated/α-hetero) is 1. The maximum atomic E-state index is 11.9. The van der Waals surface area contributed by atoms with Gasteiger partial charge in [-0.15, -0.1) is 0 Å². The SMILES string of the molecule is CCC(C)CS(=O)C1CCCCC1=O. The zero-order chi connectivity index (χ0) is 10.6. The van der Waals surface area contributed by atoms with Crippen LogP contribution in [0.4, 0.5) is 0 Å². The van der Waals surface area contributed by atoms with E-state index in [0.29, 0.717) is 18.1 Å². The molecular formula is C11H20O2S. The van der Waals surface area contributed by atoms with Crippen LogP contribution >= 0.6 is 0 Å². The summed E-state index contributed by atoms with van der Waals surface area (Å²) in [6.07, 6.45) is 4.62. The Balaban J connectivity index is 2.46. The average molecular weight is 216 g/mol. The molecule has 1 aliphatic rings. The molecule has 0 bridgehead atoms. The third-order valence-electron chi connectivity index (χ3n) is 2.96. The highest BCUT2D eigenvalue weighted by molar-refractivity contribution is 7.86. The van der Waals surface area contributed by atoms with Gasteiger partial charge in [0, 0.05) is 23.0 Å². The summed E-state index contributed by atoms with van der Waals surface area (Å²) < 4.78 is 11.9. The second-order valence-corrected chi connectivity index (χ2v) is 5.93. The van der Waals surface area contributed by atoms with Crippen LogP contribution in [0.2, 0.25) is 0 Å². The molecule has 0 radical (unpaired) electrons. The minimum atomic E-state index is -0.916. The normalized spacial score (nSPS) is 27.3. The summed E-state index contributed by atoms with van der Waals surface area (Å²) in [7, 11) is -0.916. The van der Waals surface area contributed by atoms with Crippen LogP contribution in [-0.2, 0) is 15.6 Å². The third-order valence-corrected chi connectivity index (χ3v) is 4.99. The molecule has 1 aliphatic carbocycles. The summed E-state index contributed by atoms with van der Waals surface area (Å²) >= 11 is 0. The van der Waals surface area contributed by atoms with Gasteiger partial charge in [-0.25, -0.2) is 0 Å². The molecule has 0 aromatic carbocycles. The maximum absolute atomic E-state index is 11.9. The first kappa shape index (κ1) is 11.9. The van der Waals surface area contributed by atoms with E-state index in [9.17, 15) is 9.00 Å². The van der Waals surface area contributed by atoms with E-state index in [2.05, 4.69) is 13.8 Å². The molecule has 3 heteroatoms. The van der Waals surface area contributed by atoms with E-state index in [4.69, 9.17) is 0 Å². The fraction of sp³-hybridized carbons (Fsp3) is 0.909. The Hall–Kier alpha value is -0.180. The van der Waals surface area contributed by atoms with Crippen LogP contribution in [0.25, 0.3) is 0 Å². The van der Waals surface area contributed by atoms with Gasteiger partial charge in [0.05, 0.1) is 5.25 Å². The molecule has 0 amide bonds. The maximum Gasteiger partial charge on any atom is 0.148 e. The molecule has 82 valence electrons. The number of rotatable bonds is 4. The van der Waals surface area contributed by atoms with E-state index in [-0.39, 0.29) is 11.0 Å². The fourth-order valence-corrected chi connectivity index (χ4v) is 3.61. The number of carbonyl (C=O) groups is 1. The molecule has 1 fully saturated rings. The predicted molar refractivity (Wildman–Crippen MR) is 59.7 cm³/mol. The van der Waals surface area contributed by atoms with Gasteiger partial charge in [0.25, 0.3) is 0 Å². The van der Waals surface area contributed by atoms with Gasteiger partial charge in [-0.1, -0.05) is 26.7 Å². The van der Waals surface area contributed by atoms with E-state index < -0.39 is 10.8 Å². The van der Waals surface area contributed by atoms with Gasteiger partial charge in [-0.05, 0) is 18.8 Å². The monoisotopic (exact) mass is 216 g/mol. The van der Waals surface area contributed by atoms with Crippen molar-refractivity contribution in [2.24, 2.45) is 5.92 Å². The van der Waals surface area contributed by atoms with Gasteiger partial charge in [-0.2, -0.15) is 0 Å². The summed E-state index contributed by atoms with van der Waals surface area (Å²) in [5, 5.41) is -0.141. The number of carbonyl (C=O) groups excluding carboxylic acids is 1. The second kappa shape index (κ2) is 5.64. The van der Waals surface area contributed by atoms with Gasteiger partial charge in [0.2, 0.25) is 0 Å². The molecule has 0 aliphatic heterocycles. The Labute approximate surface area is 88.9 Å². The minimum Gasteiger partial charge on any atom is -0.298 e. The quantitative estimate of drug-likeness (QED) is 0.722. The lowest BCUT2D eigenvalue weighted by Gasteiger charge is -2.21. The van der Waals surface area contributed by atoms with E-state index in [1.54, 1.807) is 0 Å². The predicted octanol–water partition coefficient (Wildman–Crippen LogP) is 2.29. The Kier molecular flexibility index (Phi) is 4.79. The fourth-order valence-electron chi connectivity index (χ4n) is 1.74. The largest absolute Gasteiger partial charge is 0.298 e. The Morgan fingerprint density at radius 1 is 1.50 bits per heavy atom. The molecule has 2 nitrogen and oxygen atoms in total. The average Bonchev–Trinajstić information content (AvgIpc) is 2.18. The van der Waals surface area contributed by atoms with Crippen molar-refractivity contribution < 1.29 is 9.00 Å². The molecular weight excluding hydrogens is 196 g/mol. The Morgan fingerprint density at radius 2 is 2.21 bits per heavy atom. The van der Waals surface area contributed by atoms with Crippen molar-refractivity contribution in [1.29, 1.82) is 0 Å². The molecule has 3 atom stereocenters. The van der Waals surface area contributed by atoms with E-state index in [1.807, 2.05) is 0 Å². The lowest BCUT2D eigenvalue weighted by atomic mass is 9.99. The Morgan fingerprint density at radius 3 is 2.79 bits per heavy atom. The van der Waals surface area contributed by atoms with Crippen molar-refractivity contribution in [1.82, 2.24) is 0 Å². The summed E-state index contributed by atoms with van der Waals surface area (Å²) in [5.41, 5.74) is 0. The molecule has 3 unspecified atom stereocenters. The lowest BCUT2D eigenvalue weighted by molar-refractivity contribution is -0.119. The van der Waals surface area contributed by atoms with Crippen LogP contribution in [0.5, 0.6) is 0 Å². The summed E-state index contributed by atoms with van der Waals surface area (Å²) in [6, 6.07) is 0. The van der Waals surface area contributed by atoms with Gasteiger partial charge in [0.1, 0.15) is 5.78 Å². The lowest BCUT2D eigenvalue weighted by Crippen LogP contribution is -2.31. The van der Waals surface area contributed by atoms with E-state index in [1.165, 1.54) is 0 Å². The van der Waals surface area contributed by atoms with Crippen molar-refractivity contribution in [3.63, 3.8) is 0 Å². The zero-order valence-corrected chi connectivity index (χ0v) is 9.94. The zero-order valence-electron chi connectivity index (χ0n) is 9.12. The molecule has 0 N–H and O–H groups in total. The van der Waals surface area contributed by atoms with E-state index >= 15 is 0 Å². The number of hydrogen-bond donors (Lipinski definition) is 0. The first-order chi connectivity index (χ1) is 6.65. The minimum absolute atomic E-state index is 0.141. The molecule has 0 aromatic rings. The number of hydrogen-bond acceptors (Lipinski definition) is 2. The molecule has 0 spiro atoms.